The molecule has 18 heavy (non-hydrogen) atoms. The molecule has 3 nitrogen and oxygen atoms in total. The molecular formula is C13H20F2N2O. The molecule has 0 spiro atoms. The number of rotatable bonds is 7. The molecule has 3 N–H and O–H groups in total. The van der Waals surface area contributed by atoms with Crippen molar-refractivity contribution in [1.29, 1.82) is 0 Å². The Morgan fingerprint density at radius 2 is 2.06 bits per heavy atom. The first-order valence-electron chi connectivity index (χ1n) is 6.01. The van der Waals surface area contributed by atoms with E-state index in [2.05, 4.69) is 12.2 Å². The average Bonchev–Trinajstić information content (AvgIpc) is 2.37. The summed E-state index contributed by atoms with van der Waals surface area (Å²) in [6.07, 6.45) is 0.913. The van der Waals surface area contributed by atoms with Crippen LogP contribution in [-0.2, 0) is 6.54 Å². The van der Waals surface area contributed by atoms with Crippen LogP contribution in [0.1, 0.15) is 18.9 Å². The second-order valence-corrected chi connectivity index (χ2v) is 4.38. The largest absolute Gasteiger partial charge is 0.494 e. The van der Waals surface area contributed by atoms with Crippen molar-refractivity contribution in [3.8, 4) is 5.75 Å². The highest BCUT2D eigenvalue weighted by Gasteiger charge is 2.10. The fourth-order valence-corrected chi connectivity index (χ4v) is 1.55. The molecule has 102 valence electrons. The molecular weight excluding hydrogens is 238 g/mol. The molecule has 0 aliphatic rings. The van der Waals surface area contributed by atoms with Crippen molar-refractivity contribution in [1.82, 2.24) is 5.32 Å². The van der Waals surface area contributed by atoms with E-state index in [9.17, 15) is 8.78 Å². The topological polar surface area (TPSA) is 47.3 Å². The van der Waals surface area contributed by atoms with E-state index >= 15 is 0 Å². The summed E-state index contributed by atoms with van der Waals surface area (Å²) in [5.74, 6) is -0.665. The molecule has 1 aromatic rings. The molecule has 1 unspecified atom stereocenters. The number of hydrogen-bond acceptors (Lipinski definition) is 3. The molecule has 1 rings (SSSR count). The van der Waals surface area contributed by atoms with Crippen molar-refractivity contribution in [2.75, 3.05) is 20.2 Å². The van der Waals surface area contributed by atoms with E-state index in [1.54, 1.807) is 0 Å². The van der Waals surface area contributed by atoms with Crippen molar-refractivity contribution in [3.05, 3.63) is 29.3 Å². The van der Waals surface area contributed by atoms with Crippen molar-refractivity contribution in [3.63, 3.8) is 0 Å². The van der Waals surface area contributed by atoms with Gasteiger partial charge in [-0.25, -0.2) is 8.78 Å². The minimum atomic E-state index is -0.550. The number of benzene rings is 1. The lowest BCUT2D eigenvalue weighted by molar-refractivity contribution is 0.381. The van der Waals surface area contributed by atoms with Crippen LogP contribution in [0.2, 0.25) is 0 Å². The summed E-state index contributed by atoms with van der Waals surface area (Å²) >= 11 is 0. The van der Waals surface area contributed by atoms with Gasteiger partial charge in [0.25, 0.3) is 0 Å². The zero-order valence-electron chi connectivity index (χ0n) is 10.8. The zero-order valence-corrected chi connectivity index (χ0v) is 10.8. The minimum Gasteiger partial charge on any atom is -0.494 e. The number of ether oxygens (including phenoxy) is 1. The third kappa shape index (κ3) is 4.23. The van der Waals surface area contributed by atoms with Gasteiger partial charge >= 0.3 is 0 Å². The van der Waals surface area contributed by atoms with Gasteiger partial charge in [0.1, 0.15) is 5.82 Å². The van der Waals surface area contributed by atoms with Gasteiger partial charge in [-0.15, -0.1) is 0 Å². The molecule has 0 heterocycles. The molecule has 0 aliphatic carbocycles. The monoisotopic (exact) mass is 258 g/mol. The lowest BCUT2D eigenvalue weighted by atomic mass is 10.1. The predicted octanol–water partition coefficient (Wildman–Crippen LogP) is 2.05. The molecule has 0 radical (unpaired) electrons. The fourth-order valence-electron chi connectivity index (χ4n) is 1.55. The first kappa shape index (κ1) is 14.9. The highest BCUT2D eigenvalue weighted by molar-refractivity contribution is 5.30. The molecule has 0 aromatic heterocycles. The molecule has 0 amide bonds. The quantitative estimate of drug-likeness (QED) is 0.736. The van der Waals surface area contributed by atoms with Gasteiger partial charge in [-0.05, 0) is 31.5 Å². The van der Waals surface area contributed by atoms with Crippen LogP contribution in [0, 0.1) is 17.6 Å². The zero-order chi connectivity index (χ0) is 13.5. The second kappa shape index (κ2) is 7.28. The van der Waals surface area contributed by atoms with E-state index in [0.717, 1.165) is 25.1 Å². The van der Waals surface area contributed by atoms with Crippen LogP contribution in [0.15, 0.2) is 12.1 Å². The van der Waals surface area contributed by atoms with Gasteiger partial charge in [-0.1, -0.05) is 6.92 Å². The third-order valence-electron chi connectivity index (χ3n) is 2.85. The van der Waals surface area contributed by atoms with Crippen LogP contribution in [0.4, 0.5) is 8.78 Å². The van der Waals surface area contributed by atoms with Gasteiger partial charge < -0.3 is 15.8 Å². The number of methoxy groups -OCH3 is 1. The molecule has 1 aromatic carbocycles. The van der Waals surface area contributed by atoms with Gasteiger partial charge in [0.05, 0.1) is 7.11 Å². The standard InChI is InChI=1S/C13H20F2N2O/c1-9(7-16)3-4-17-8-10-5-12(15)13(18-2)6-11(10)14/h5-6,9,17H,3-4,7-8,16H2,1-2H3. The second-order valence-electron chi connectivity index (χ2n) is 4.38. The van der Waals surface area contributed by atoms with Gasteiger partial charge in [0.2, 0.25) is 0 Å². The summed E-state index contributed by atoms with van der Waals surface area (Å²) in [4.78, 5) is 0. The van der Waals surface area contributed by atoms with Crippen LogP contribution in [0.25, 0.3) is 0 Å². The smallest absolute Gasteiger partial charge is 0.165 e. The molecule has 5 heteroatoms. The summed E-state index contributed by atoms with van der Waals surface area (Å²) in [7, 11) is 1.31. The highest BCUT2D eigenvalue weighted by Crippen LogP contribution is 2.21. The maximum atomic E-state index is 13.6. The summed E-state index contributed by atoms with van der Waals surface area (Å²) in [6.45, 7) is 3.71. The van der Waals surface area contributed by atoms with E-state index in [0.29, 0.717) is 24.6 Å². The number of hydrogen-bond donors (Lipinski definition) is 2. The first-order chi connectivity index (χ1) is 8.58. The van der Waals surface area contributed by atoms with Crippen LogP contribution in [0.3, 0.4) is 0 Å². The van der Waals surface area contributed by atoms with Crippen LogP contribution in [-0.4, -0.2) is 20.2 Å². The van der Waals surface area contributed by atoms with Crippen molar-refractivity contribution < 1.29 is 13.5 Å². The van der Waals surface area contributed by atoms with E-state index in [1.165, 1.54) is 7.11 Å². The predicted molar refractivity (Wildman–Crippen MR) is 67.5 cm³/mol. The van der Waals surface area contributed by atoms with E-state index in [1.807, 2.05) is 0 Å². The number of halogens is 2. The van der Waals surface area contributed by atoms with Crippen LogP contribution in [0.5, 0.6) is 5.75 Å². The van der Waals surface area contributed by atoms with E-state index in [4.69, 9.17) is 10.5 Å². The third-order valence-corrected chi connectivity index (χ3v) is 2.85. The Balaban J connectivity index is 2.50. The fraction of sp³-hybridized carbons (Fsp3) is 0.538. The maximum Gasteiger partial charge on any atom is 0.165 e. The van der Waals surface area contributed by atoms with E-state index < -0.39 is 11.6 Å². The molecule has 0 aliphatic heterocycles. The number of nitrogens with two attached hydrogens (primary N) is 1. The Hall–Kier alpha value is -1.20. The van der Waals surface area contributed by atoms with Gasteiger partial charge in [-0.3, -0.25) is 0 Å². The molecule has 0 saturated heterocycles. The SMILES string of the molecule is COc1cc(F)c(CNCCC(C)CN)cc1F. The summed E-state index contributed by atoms with van der Waals surface area (Å²) in [5, 5.41) is 3.07. The summed E-state index contributed by atoms with van der Waals surface area (Å²) in [5.41, 5.74) is 5.79. The lowest BCUT2D eigenvalue weighted by Gasteiger charge is -2.10. The first-order valence-corrected chi connectivity index (χ1v) is 6.01. The average molecular weight is 258 g/mol. The molecule has 0 saturated carbocycles. The van der Waals surface area contributed by atoms with Crippen LogP contribution < -0.4 is 15.8 Å². The number of nitrogens with one attached hydrogen (secondary N) is 1. The Bertz CT molecular complexity index is 385. The Labute approximate surface area is 106 Å². The summed E-state index contributed by atoms with van der Waals surface area (Å²) < 4.78 is 31.7. The van der Waals surface area contributed by atoms with Crippen molar-refractivity contribution >= 4 is 0 Å². The van der Waals surface area contributed by atoms with E-state index in [-0.39, 0.29) is 5.75 Å². The molecule has 1 atom stereocenters. The highest BCUT2D eigenvalue weighted by atomic mass is 19.1. The van der Waals surface area contributed by atoms with Crippen molar-refractivity contribution in [2.45, 2.75) is 19.9 Å². The van der Waals surface area contributed by atoms with Gasteiger partial charge in [-0.2, -0.15) is 0 Å². The molecule has 0 fully saturated rings. The van der Waals surface area contributed by atoms with Crippen molar-refractivity contribution in [2.24, 2.45) is 11.7 Å². The normalized spacial score (nSPS) is 12.5. The van der Waals surface area contributed by atoms with Crippen LogP contribution >= 0.6 is 0 Å². The lowest BCUT2D eigenvalue weighted by Crippen LogP contribution is -2.21. The maximum absolute atomic E-state index is 13.6. The Morgan fingerprint density at radius 1 is 1.33 bits per heavy atom. The summed E-state index contributed by atoms with van der Waals surface area (Å²) in [6, 6.07) is 2.22. The van der Waals surface area contributed by atoms with Gasteiger partial charge in [0, 0.05) is 18.2 Å². The Kier molecular flexibility index (Phi) is 6.01. The Morgan fingerprint density at radius 3 is 2.67 bits per heavy atom. The minimum absolute atomic E-state index is 0.0759. The van der Waals surface area contributed by atoms with Gasteiger partial charge in [0.15, 0.2) is 11.6 Å². The molecule has 0 bridgehead atoms.